The molecular formula is C146H100. The van der Waals surface area contributed by atoms with Crippen molar-refractivity contribution in [2.75, 3.05) is 0 Å². The first-order valence-corrected chi connectivity index (χ1v) is 50.5. The maximum Gasteiger partial charge on any atom is -0.00000302 e. The number of hydrogen-bond acceptors (Lipinski definition) is 0. The van der Waals surface area contributed by atoms with Gasteiger partial charge in [-0.1, -0.05) is 607 Å². The van der Waals surface area contributed by atoms with Crippen LogP contribution in [0, 0.1) is 0 Å². The van der Waals surface area contributed by atoms with Crippen molar-refractivity contribution in [2.45, 2.75) is 0 Å². The minimum Gasteiger partial charge on any atom is -0.0622 e. The largest absolute Gasteiger partial charge is 0.0622 e. The van der Waals surface area contributed by atoms with Crippen molar-refractivity contribution >= 4 is 11.1 Å². The van der Waals surface area contributed by atoms with E-state index in [9.17, 15) is 0 Å². The summed E-state index contributed by atoms with van der Waals surface area (Å²) in [6, 6.07) is 230. The van der Waals surface area contributed by atoms with Crippen LogP contribution in [0.4, 0.5) is 0 Å². The van der Waals surface area contributed by atoms with Gasteiger partial charge in [0.15, 0.2) is 0 Å². The molecule has 0 fully saturated rings. The zero-order valence-electron chi connectivity index (χ0n) is 80.7. The van der Waals surface area contributed by atoms with Gasteiger partial charge in [-0.25, -0.2) is 0 Å². The van der Waals surface area contributed by atoms with Crippen LogP contribution in [0.1, 0.15) is 22.3 Å². The van der Waals surface area contributed by atoms with Gasteiger partial charge in [0.1, 0.15) is 0 Å². The predicted molar refractivity (Wildman–Crippen MR) is 620 cm³/mol. The predicted octanol–water partition coefficient (Wildman–Crippen LogP) is 40.0. The van der Waals surface area contributed by atoms with Crippen LogP contribution < -0.4 is 0 Å². The second kappa shape index (κ2) is 41.1. The fraction of sp³-hybridized carbons (Fsp3) is 0. The number of rotatable bonds is 24. The molecule has 0 heteroatoms. The summed E-state index contributed by atoms with van der Waals surface area (Å²) in [6.45, 7) is 0. The van der Waals surface area contributed by atoms with E-state index in [4.69, 9.17) is 0 Å². The highest BCUT2D eigenvalue weighted by molar-refractivity contribution is 6.30. The highest BCUT2D eigenvalue weighted by Gasteiger charge is 2.43. The molecule has 0 N–H and O–H groups in total. The normalized spacial score (nSPS) is 11.2. The molecule has 0 spiro atoms. The van der Waals surface area contributed by atoms with Crippen molar-refractivity contribution in [3.8, 4) is 223 Å². The Hall–Kier alpha value is -19.0. The molecule has 0 aliphatic carbocycles. The van der Waals surface area contributed by atoms with Crippen molar-refractivity contribution in [3.05, 3.63) is 629 Å². The molecule has 0 nitrogen and oxygen atoms in total. The van der Waals surface area contributed by atoms with E-state index >= 15 is 0 Å². The monoisotopic (exact) mass is 1850 g/mol. The lowest BCUT2D eigenvalue weighted by Crippen LogP contribution is -2.14. The summed E-state index contributed by atoms with van der Waals surface area (Å²) in [5.74, 6) is 0. The lowest BCUT2D eigenvalue weighted by molar-refractivity contribution is 1.44. The second-order valence-corrected chi connectivity index (χ2v) is 37.1. The Morgan fingerprint density at radius 3 is 0.185 bits per heavy atom. The van der Waals surface area contributed by atoms with Crippen molar-refractivity contribution in [1.29, 1.82) is 0 Å². The van der Waals surface area contributed by atoms with Crippen molar-refractivity contribution in [2.24, 2.45) is 0 Å². The van der Waals surface area contributed by atoms with Crippen LogP contribution in [-0.4, -0.2) is 0 Å². The molecule has 0 aliphatic heterocycles. The topological polar surface area (TPSA) is 0 Å². The molecule has 0 radical (unpaired) electrons. The minimum atomic E-state index is 0.947. The Morgan fingerprint density at radius 1 is 0.0616 bits per heavy atom. The molecule has 0 saturated carbocycles. The van der Waals surface area contributed by atoms with Crippen LogP contribution in [0.2, 0.25) is 0 Å². The van der Waals surface area contributed by atoms with E-state index in [-0.39, 0.29) is 0 Å². The molecule has 0 atom stereocenters. The van der Waals surface area contributed by atoms with Gasteiger partial charge in [0, 0.05) is 0 Å². The molecule has 0 heterocycles. The van der Waals surface area contributed by atoms with Gasteiger partial charge in [-0.05, 0) is 256 Å². The van der Waals surface area contributed by atoms with Gasteiger partial charge in [0.25, 0.3) is 0 Å². The van der Waals surface area contributed by atoms with Crippen LogP contribution in [0.15, 0.2) is 607 Å². The lowest BCUT2D eigenvalue weighted by atomic mass is 9.64. The van der Waals surface area contributed by atoms with Gasteiger partial charge in [-0.3, -0.25) is 0 Å². The van der Waals surface area contributed by atoms with Gasteiger partial charge in [-0.15, -0.1) is 0 Å². The summed E-state index contributed by atoms with van der Waals surface area (Å²) in [5.41, 5.74) is 47.1. The van der Waals surface area contributed by atoms with Crippen LogP contribution >= 0.6 is 0 Å². The van der Waals surface area contributed by atoms with Gasteiger partial charge in [-0.2, -0.15) is 0 Å². The van der Waals surface area contributed by atoms with Gasteiger partial charge in [0.05, 0.1) is 0 Å². The van der Waals surface area contributed by atoms with Gasteiger partial charge >= 0.3 is 0 Å². The Kier molecular flexibility index (Phi) is 25.2. The summed E-state index contributed by atoms with van der Waals surface area (Å²) in [7, 11) is 0. The molecule has 0 aromatic heterocycles. The second-order valence-electron chi connectivity index (χ2n) is 37.1. The Balaban J connectivity index is 1.20. The van der Waals surface area contributed by atoms with Crippen molar-refractivity contribution in [1.82, 2.24) is 0 Å². The molecule has 24 rings (SSSR count). The number of benzene rings is 24. The van der Waals surface area contributed by atoms with Crippen LogP contribution in [0.5, 0.6) is 0 Å². The molecule has 0 unspecified atom stereocenters. The zero-order valence-corrected chi connectivity index (χ0v) is 80.7. The summed E-state index contributed by atoms with van der Waals surface area (Å²) < 4.78 is 0. The highest BCUT2D eigenvalue weighted by Crippen LogP contribution is 2.68. The quantitative estimate of drug-likeness (QED) is 0.0529. The zero-order chi connectivity index (χ0) is 97.3. The molecule has 146 heavy (non-hydrogen) atoms. The minimum absolute atomic E-state index is 0.947. The summed E-state index contributed by atoms with van der Waals surface area (Å²) >= 11 is 0. The first-order valence-electron chi connectivity index (χ1n) is 50.5. The molecule has 0 aliphatic rings. The molecule has 0 saturated heterocycles. The maximum atomic E-state index is 2.41. The maximum absolute atomic E-state index is 2.41. The van der Waals surface area contributed by atoms with Crippen molar-refractivity contribution < 1.29 is 0 Å². The van der Waals surface area contributed by atoms with Gasteiger partial charge < -0.3 is 0 Å². The van der Waals surface area contributed by atoms with E-state index in [0.717, 1.165) is 256 Å². The van der Waals surface area contributed by atoms with Crippen LogP contribution in [0.25, 0.3) is 234 Å². The first kappa shape index (κ1) is 89.6. The van der Waals surface area contributed by atoms with E-state index < -0.39 is 0 Å². The first-order chi connectivity index (χ1) is 72.7. The van der Waals surface area contributed by atoms with E-state index in [1.807, 2.05) is 0 Å². The third-order valence-electron chi connectivity index (χ3n) is 28.5. The van der Waals surface area contributed by atoms with Crippen LogP contribution in [0.3, 0.4) is 0 Å². The lowest BCUT2D eigenvalue weighted by Gasteiger charge is -2.38. The average molecular weight is 1850 g/mol. The van der Waals surface area contributed by atoms with E-state index in [0.29, 0.717) is 0 Å². The van der Waals surface area contributed by atoms with Gasteiger partial charge in [0.2, 0.25) is 0 Å². The Morgan fingerprint density at radius 2 is 0.116 bits per heavy atom. The third-order valence-corrected chi connectivity index (χ3v) is 28.5. The molecule has 0 bridgehead atoms. The highest BCUT2D eigenvalue weighted by atomic mass is 14.5. The molecule has 684 valence electrons. The average Bonchev–Trinajstić information content (AvgIpc) is 0.674. The fourth-order valence-corrected chi connectivity index (χ4v) is 22.6. The smallest absolute Gasteiger partial charge is 0.00000302 e. The molecule has 24 aromatic rings. The number of hydrogen-bond donors (Lipinski definition) is 0. The standard InChI is InChI=1S/C146H100/c1-21-61-101(62-22-1)121-125(105-69-29-5-30-70-105)133(113-85-45-13-46-86-113)141(134(114-87-47-14-48-88-114)126(121)106-71-31-6-32-72-106)145(142-135(115-89-49-15-50-90-115)127(107-73-33-7-34-74-107)122(102-63-23-2-24-64-102)128(108-75-35-8-36-76-108)136(142)116-91-51-16-52-92-116)146(143-137(117-93-53-17-54-94-117)129(109-77-37-9-38-78-109)123(103-65-25-3-26-66-103)130(110-79-39-10-40-80-110)138(143)118-95-55-18-56-96-118)144-139(119-97-57-19-58-98-119)131(111-81-41-11-42-82-111)124(104-67-27-4-28-68-104)132(112-83-43-12-44-84-112)140(144)120-99-59-20-60-100-120/h1-100H. The molecular weight excluding hydrogens is 1750 g/mol. The summed E-state index contributed by atoms with van der Waals surface area (Å²) in [6.07, 6.45) is 0. The van der Waals surface area contributed by atoms with Crippen molar-refractivity contribution in [3.63, 3.8) is 0 Å². The fourth-order valence-electron chi connectivity index (χ4n) is 22.6. The van der Waals surface area contributed by atoms with E-state index in [2.05, 4.69) is 607 Å². The SMILES string of the molecule is c1ccc(-c2c(C(=C(c3c(-c4ccccc4)c(-c4ccccc4)c(-c4ccccc4)c(-c4ccccc4)c3-c3ccccc3)c3c(-c4ccccc4)c(-c4ccccc4)c(-c4ccccc4)c(-c4ccccc4)c3-c3ccccc3)c3c(-c4ccccc4)c(-c4ccccc4)c(-c4ccccc4)c(-c4ccccc4)c3-c3ccccc3)c(-c3ccccc3)c(-c3ccccc3)c(-c3ccccc3)c2-c2ccccc2)cc1. The summed E-state index contributed by atoms with van der Waals surface area (Å²) in [4.78, 5) is 0. The molecule has 24 aromatic carbocycles. The summed E-state index contributed by atoms with van der Waals surface area (Å²) in [5, 5.41) is 0. The van der Waals surface area contributed by atoms with Crippen LogP contribution in [-0.2, 0) is 0 Å². The third kappa shape index (κ3) is 16.9. The Bertz CT molecular complexity index is 7280. The van der Waals surface area contributed by atoms with E-state index in [1.165, 1.54) is 0 Å². The Labute approximate surface area is 856 Å². The molecule has 0 amide bonds. The van der Waals surface area contributed by atoms with E-state index in [1.54, 1.807) is 0 Å².